The Hall–Kier alpha value is -1.78. The van der Waals surface area contributed by atoms with Crippen LogP contribution in [0.25, 0.3) is 0 Å². The number of carboxylic acid groups (broad SMARTS) is 1. The molecule has 10 heteroatoms. The van der Waals surface area contributed by atoms with Gasteiger partial charge in [-0.1, -0.05) is 0 Å². The van der Waals surface area contributed by atoms with E-state index in [1.807, 2.05) is 0 Å². The summed E-state index contributed by atoms with van der Waals surface area (Å²) < 4.78 is 30.9. The molecule has 20 heavy (non-hydrogen) atoms. The molecule has 0 saturated carbocycles. The lowest BCUT2D eigenvalue weighted by Crippen LogP contribution is -2.23. The molecular weight excluding hydrogens is 354 g/mol. The zero-order valence-electron chi connectivity index (χ0n) is 9.78. The molecule has 0 aliphatic carbocycles. The van der Waals surface area contributed by atoms with Gasteiger partial charge in [-0.25, -0.2) is 17.9 Å². The molecule has 8 nitrogen and oxygen atoms in total. The highest BCUT2D eigenvalue weighted by Crippen LogP contribution is 2.26. The maximum Gasteiger partial charge on any atom is 0.371 e. The van der Waals surface area contributed by atoms with Crippen LogP contribution in [-0.4, -0.2) is 29.7 Å². The molecule has 0 aliphatic heterocycles. The normalized spacial score (nSPS) is 11.4. The number of carbonyl (C=O) groups is 1. The van der Waals surface area contributed by atoms with Crippen molar-refractivity contribution in [1.29, 1.82) is 0 Å². The summed E-state index contributed by atoms with van der Waals surface area (Å²) in [4.78, 5) is 10.4. The number of halogens is 1. The Bertz CT molecular complexity index is 729. The minimum atomic E-state index is -3.92. The van der Waals surface area contributed by atoms with Gasteiger partial charge < -0.3 is 9.52 Å². The van der Waals surface area contributed by atoms with Crippen LogP contribution in [0.1, 0.15) is 16.2 Å². The molecule has 0 amide bonds. The SMILES string of the molecule is O=C(O)c1cc(S(=O)(=O)NCc2cccnn2)c(Br)o1. The third-order valence-corrected chi connectivity index (χ3v) is 4.48. The lowest BCUT2D eigenvalue weighted by Gasteiger charge is -2.03. The summed E-state index contributed by atoms with van der Waals surface area (Å²) in [5, 5.41) is 16.1. The van der Waals surface area contributed by atoms with E-state index >= 15 is 0 Å². The standard InChI is InChI=1S/C10H8BrN3O5S/c11-9-8(4-7(19-9)10(15)16)20(17,18)13-5-6-2-1-3-12-14-6/h1-4,13H,5H2,(H,15,16). The van der Waals surface area contributed by atoms with Gasteiger partial charge in [-0.15, -0.1) is 0 Å². The van der Waals surface area contributed by atoms with E-state index in [1.165, 1.54) is 6.20 Å². The zero-order chi connectivity index (χ0) is 14.8. The monoisotopic (exact) mass is 361 g/mol. The Labute approximate surface area is 122 Å². The quantitative estimate of drug-likeness (QED) is 0.814. The van der Waals surface area contributed by atoms with Gasteiger partial charge in [-0.05, 0) is 28.1 Å². The van der Waals surface area contributed by atoms with Gasteiger partial charge >= 0.3 is 5.97 Å². The molecule has 0 bridgehead atoms. The van der Waals surface area contributed by atoms with Crippen molar-refractivity contribution in [2.45, 2.75) is 11.4 Å². The van der Waals surface area contributed by atoms with Crippen molar-refractivity contribution < 1.29 is 22.7 Å². The van der Waals surface area contributed by atoms with Gasteiger partial charge in [0, 0.05) is 12.3 Å². The fraction of sp³-hybridized carbons (Fsp3) is 0.100. The van der Waals surface area contributed by atoms with Crippen LogP contribution in [0.15, 0.2) is 38.4 Å². The van der Waals surface area contributed by atoms with Gasteiger partial charge in [-0.3, -0.25) is 0 Å². The van der Waals surface area contributed by atoms with E-state index in [9.17, 15) is 13.2 Å². The minimum absolute atomic E-state index is 0.0732. The average Bonchev–Trinajstić information content (AvgIpc) is 2.81. The van der Waals surface area contributed by atoms with E-state index < -0.39 is 21.8 Å². The molecular formula is C10H8BrN3O5S. The van der Waals surface area contributed by atoms with Crippen LogP contribution in [0, 0.1) is 0 Å². The van der Waals surface area contributed by atoms with Crippen LogP contribution < -0.4 is 4.72 Å². The number of furan rings is 1. The first-order valence-electron chi connectivity index (χ1n) is 5.19. The number of nitrogens with zero attached hydrogens (tertiary/aromatic N) is 2. The van der Waals surface area contributed by atoms with Crippen LogP contribution in [0.5, 0.6) is 0 Å². The van der Waals surface area contributed by atoms with Crippen molar-refractivity contribution >= 4 is 31.9 Å². The number of carboxylic acids is 1. The van der Waals surface area contributed by atoms with Gasteiger partial charge in [0.15, 0.2) is 4.67 Å². The first-order valence-corrected chi connectivity index (χ1v) is 7.46. The summed E-state index contributed by atoms with van der Waals surface area (Å²) >= 11 is 2.87. The molecule has 0 aromatic carbocycles. The Morgan fingerprint density at radius 1 is 1.50 bits per heavy atom. The predicted molar refractivity (Wildman–Crippen MR) is 69.4 cm³/mol. The van der Waals surface area contributed by atoms with Crippen LogP contribution in [-0.2, 0) is 16.6 Å². The number of aromatic nitrogens is 2. The molecule has 0 atom stereocenters. The topological polar surface area (TPSA) is 122 Å². The highest BCUT2D eigenvalue weighted by Gasteiger charge is 2.24. The number of rotatable bonds is 5. The first-order chi connectivity index (χ1) is 9.40. The molecule has 106 valence electrons. The number of nitrogens with one attached hydrogen (secondary N) is 1. The van der Waals surface area contributed by atoms with Crippen molar-refractivity contribution in [3.05, 3.63) is 40.5 Å². The van der Waals surface area contributed by atoms with E-state index in [1.54, 1.807) is 12.1 Å². The first kappa shape index (κ1) is 14.6. The van der Waals surface area contributed by atoms with E-state index in [-0.39, 0.29) is 16.1 Å². The molecule has 2 heterocycles. The summed E-state index contributed by atoms with van der Waals surface area (Å²) in [6.45, 7) is -0.0732. The summed E-state index contributed by atoms with van der Waals surface area (Å²) in [6, 6.07) is 4.14. The molecule has 0 unspecified atom stereocenters. The van der Waals surface area contributed by atoms with Gasteiger partial charge in [0.2, 0.25) is 15.8 Å². The number of hydrogen-bond donors (Lipinski definition) is 2. The van der Waals surface area contributed by atoms with Crippen LogP contribution >= 0.6 is 15.9 Å². The van der Waals surface area contributed by atoms with Crippen LogP contribution in [0.3, 0.4) is 0 Å². The average molecular weight is 362 g/mol. The molecule has 2 N–H and O–H groups in total. The Morgan fingerprint density at radius 2 is 2.25 bits per heavy atom. The highest BCUT2D eigenvalue weighted by molar-refractivity contribution is 9.10. The van der Waals surface area contributed by atoms with Gasteiger partial charge in [0.1, 0.15) is 4.90 Å². The largest absolute Gasteiger partial charge is 0.475 e. The Morgan fingerprint density at radius 3 is 2.80 bits per heavy atom. The fourth-order valence-corrected chi connectivity index (χ4v) is 3.25. The predicted octanol–water partition coefficient (Wildman–Crippen LogP) is 1.01. The summed E-state index contributed by atoms with van der Waals surface area (Å²) in [6.07, 6.45) is 1.46. The van der Waals surface area contributed by atoms with E-state index in [2.05, 4.69) is 30.8 Å². The smallest absolute Gasteiger partial charge is 0.371 e. The lowest BCUT2D eigenvalue weighted by atomic mass is 10.4. The molecule has 0 radical (unpaired) electrons. The fourth-order valence-electron chi connectivity index (χ4n) is 1.32. The highest BCUT2D eigenvalue weighted by atomic mass is 79.9. The van der Waals surface area contributed by atoms with Crippen molar-refractivity contribution in [2.75, 3.05) is 0 Å². The molecule has 0 spiro atoms. The molecule has 2 rings (SSSR count). The lowest BCUT2D eigenvalue weighted by molar-refractivity contribution is 0.0661. The van der Waals surface area contributed by atoms with Crippen molar-refractivity contribution in [1.82, 2.24) is 14.9 Å². The van der Waals surface area contributed by atoms with Crippen molar-refractivity contribution in [3.8, 4) is 0 Å². The molecule has 0 fully saturated rings. The summed E-state index contributed by atoms with van der Waals surface area (Å²) in [7, 11) is -3.92. The number of sulfonamides is 1. The van der Waals surface area contributed by atoms with Gasteiger partial charge in [-0.2, -0.15) is 10.2 Å². The van der Waals surface area contributed by atoms with Gasteiger partial charge in [0.05, 0.1) is 12.2 Å². The second kappa shape index (κ2) is 5.69. The molecule has 0 aliphatic rings. The Balaban J connectivity index is 2.20. The second-order valence-corrected chi connectivity index (χ2v) is 6.05. The van der Waals surface area contributed by atoms with Crippen LogP contribution in [0.2, 0.25) is 0 Å². The molecule has 2 aromatic rings. The van der Waals surface area contributed by atoms with Crippen molar-refractivity contribution in [2.24, 2.45) is 0 Å². The Kier molecular flexibility index (Phi) is 4.16. The van der Waals surface area contributed by atoms with Crippen LogP contribution in [0.4, 0.5) is 0 Å². The molecule has 2 aromatic heterocycles. The third kappa shape index (κ3) is 3.21. The second-order valence-electron chi connectivity index (χ2n) is 3.59. The van der Waals surface area contributed by atoms with Crippen molar-refractivity contribution in [3.63, 3.8) is 0 Å². The van der Waals surface area contributed by atoms with E-state index in [4.69, 9.17) is 9.52 Å². The number of aromatic carboxylic acids is 1. The summed E-state index contributed by atoms with van der Waals surface area (Å²) in [5.41, 5.74) is 0.425. The van der Waals surface area contributed by atoms with E-state index in [0.29, 0.717) is 5.69 Å². The maximum atomic E-state index is 12.0. The zero-order valence-corrected chi connectivity index (χ0v) is 12.2. The van der Waals surface area contributed by atoms with Gasteiger partial charge in [0.25, 0.3) is 0 Å². The number of hydrogen-bond acceptors (Lipinski definition) is 6. The minimum Gasteiger partial charge on any atom is -0.475 e. The summed E-state index contributed by atoms with van der Waals surface area (Å²) in [5.74, 6) is -1.84. The molecule has 0 saturated heterocycles. The maximum absolute atomic E-state index is 12.0. The third-order valence-electron chi connectivity index (χ3n) is 2.23. The van der Waals surface area contributed by atoms with E-state index in [0.717, 1.165) is 6.07 Å².